The molecule has 0 aliphatic carbocycles. The molecule has 1 amide bonds. The van der Waals surface area contributed by atoms with Crippen LogP contribution in [0.2, 0.25) is 0 Å². The first-order valence-electron chi connectivity index (χ1n) is 5.53. The Labute approximate surface area is 96.5 Å². The Morgan fingerprint density at radius 2 is 1.88 bits per heavy atom. The van der Waals surface area contributed by atoms with E-state index >= 15 is 0 Å². The molecule has 16 heavy (non-hydrogen) atoms. The van der Waals surface area contributed by atoms with Crippen LogP contribution < -0.4 is 5.32 Å². The zero-order valence-corrected chi connectivity index (χ0v) is 10.0. The lowest BCUT2D eigenvalue weighted by Gasteiger charge is -2.19. The zero-order chi connectivity index (χ0) is 12.1. The first-order chi connectivity index (χ1) is 7.54. The molecule has 2 N–H and O–H groups in total. The third kappa shape index (κ3) is 3.35. The van der Waals surface area contributed by atoms with Gasteiger partial charge in [-0.15, -0.1) is 0 Å². The van der Waals surface area contributed by atoms with Crippen LogP contribution in [-0.2, 0) is 0 Å². The largest absolute Gasteiger partial charge is 0.396 e. The quantitative estimate of drug-likeness (QED) is 0.813. The van der Waals surface area contributed by atoms with Crippen LogP contribution in [0, 0.1) is 12.8 Å². The molecule has 3 nitrogen and oxygen atoms in total. The van der Waals surface area contributed by atoms with Crippen molar-refractivity contribution in [1.82, 2.24) is 5.32 Å². The van der Waals surface area contributed by atoms with Crippen molar-refractivity contribution >= 4 is 5.91 Å². The monoisotopic (exact) mass is 221 g/mol. The minimum Gasteiger partial charge on any atom is -0.396 e. The molecular formula is C13H19NO2. The summed E-state index contributed by atoms with van der Waals surface area (Å²) >= 11 is 0. The molecule has 1 aromatic carbocycles. The number of aryl methyl sites for hydroxylation is 1. The van der Waals surface area contributed by atoms with E-state index in [1.807, 2.05) is 32.9 Å². The van der Waals surface area contributed by atoms with Crippen molar-refractivity contribution in [2.75, 3.05) is 6.61 Å². The van der Waals surface area contributed by atoms with Crippen LogP contribution in [0.15, 0.2) is 24.3 Å². The van der Waals surface area contributed by atoms with Gasteiger partial charge >= 0.3 is 0 Å². The fourth-order valence-corrected chi connectivity index (χ4v) is 1.30. The van der Waals surface area contributed by atoms with Crippen molar-refractivity contribution in [3.63, 3.8) is 0 Å². The van der Waals surface area contributed by atoms with Gasteiger partial charge in [0.1, 0.15) is 0 Å². The Bertz CT molecular complexity index is 345. The average Bonchev–Trinajstić information content (AvgIpc) is 2.28. The molecule has 88 valence electrons. The molecular weight excluding hydrogens is 202 g/mol. The van der Waals surface area contributed by atoms with Gasteiger partial charge in [0.15, 0.2) is 0 Å². The second kappa shape index (κ2) is 5.66. The molecule has 0 aromatic heterocycles. The highest BCUT2D eigenvalue weighted by Gasteiger charge is 2.14. The highest BCUT2D eigenvalue weighted by molar-refractivity contribution is 5.94. The summed E-state index contributed by atoms with van der Waals surface area (Å²) in [5.41, 5.74) is 1.79. The van der Waals surface area contributed by atoms with Crippen LogP contribution in [0.25, 0.3) is 0 Å². The summed E-state index contributed by atoms with van der Waals surface area (Å²) in [7, 11) is 0. The van der Waals surface area contributed by atoms with Gasteiger partial charge in [-0.25, -0.2) is 0 Å². The van der Waals surface area contributed by atoms with Crippen molar-refractivity contribution < 1.29 is 9.90 Å². The Kier molecular flexibility index (Phi) is 4.50. The fraction of sp³-hybridized carbons (Fsp3) is 0.462. The van der Waals surface area contributed by atoms with Crippen LogP contribution in [0.1, 0.15) is 29.8 Å². The first-order valence-corrected chi connectivity index (χ1v) is 5.53. The Balaban J connectivity index is 2.62. The number of hydrogen-bond donors (Lipinski definition) is 2. The zero-order valence-electron chi connectivity index (χ0n) is 10.0. The van der Waals surface area contributed by atoms with Gasteiger partial charge in [-0.1, -0.05) is 24.6 Å². The summed E-state index contributed by atoms with van der Waals surface area (Å²) in [6.07, 6.45) is 0. The van der Waals surface area contributed by atoms with Gasteiger partial charge in [0.25, 0.3) is 5.91 Å². The van der Waals surface area contributed by atoms with E-state index in [-0.39, 0.29) is 24.5 Å². The number of hydrogen-bond acceptors (Lipinski definition) is 2. The lowest BCUT2D eigenvalue weighted by molar-refractivity contribution is 0.0916. The molecule has 0 radical (unpaired) electrons. The molecule has 2 atom stereocenters. The minimum absolute atomic E-state index is 0.0289. The normalized spacial score (nSPS) is 14.2. The standard InChI is InChI=1S/C13H19NO2/c1-9-4-6-12(7-5-9)13(16)14-11(3)10(2)8-15/h4-7,10-11,15H,8H2,1-3H3,(H,14,16). The summed E-state index contributed by atoms with van der Waals surface area (Å²) in [6.45, 7) is 5.86. The maximum atomic E-state index is 11.8. The predicted molar refractivity (Wildman–Crippen MR) is 64.4 cm³/mol. The van der Waals surface area contributed by atoms with Gasteiger partial charge in [0, 0.05) is 18.2 Å². The number of rotatable bonds is 4. The van der Waals surface area contributed by atoms with Gasteiger partial charge < -0.3 is 10.4 Å². The summed E-state index contributed by atoms with van der Waals surface area (Å²) in [5, 5.41) is 11.8. The molecule has 0 heterocycles. The third-order valence-electron chi connectivity index (χ3n) is 2.81. The van der Waals surface area contributed by atoms with E-state index in [9.17, 15) is 4.79 Å². The van der Waals surface area contributed by atoms with E-state index in [0.29, 0.717) is 5.56 Å². The fourth-order valence-electron chi connectivity index (χ4n) is 1.30. The number of aliphatic hydroxyl groups excluding tert-OH is 1. The smallest absolute Gasteiger partial charge is 0.251 e. The maximum Gasteiger partial charge on any atom is 0.251 e. The van der Waals surface area contributed by atoms with Crippen molar-refractivity contribution in [3.05, 3.63) is 35.4 Å². The second-order valence-electron chi connectivity index (χ2n) is 4.29. The van der Waals surface area contributed by atoms with Gasteiger partial charge in [-0.05, 0) is 31.9 Å². The molecule has 0 saturated heterocycles. The van der Waals surface area contributed by atoms with Gasteiger partial charge in [-0.2, -0.15) is 0 Å². The van der Waals surface area contributed by atoms with Crippen molar-refractivity contribution in [2.45, 2.75) is 26.8 Å². The Morgan fingerprint density at radius 3 is 2.38 bits per heavy atom. The second-order valence-corrected chi connectivity index (χ2v) is 4.29. The van der Waals surface area contributed by atoms with Crippen LogP contribution in [-0.4, -0.2) is 23.7 Å². The van der Waals surface area contributed by atoms with Crippen molar-refractivity contribution in [1.29, 1.82) is 0 Å². The minimum atomic E-state index is -0.0900. The van der Waals surface area contributed by atoms with Crippen LogP contribution in [0.4, 0.5) is 0 Å². The Morgan fingerprint density at radius 1 is 1.31 bits per heavy atom. The average molecular weight is 221 g/mol. The number of amides is 1. The summed E-state index contributed by atoms with van der Waals surface area (Å²) in [5.74, 6) is -0.0257. The number of benzene rings is 1. The number of carbonyl (C=O) groups excluding carboxylic acids is 1. The molecule has 0 fully saturated rings. The molecule has 0 spiro atoms. The lowest BCUT2D eigenvalue weighted by atomic mass is 10.0. The topological polar surface area (TPSA) is 49.3 Å². The summed E-state index contributed by atoms with van der Waals surface area (Å²) in [4.78, 5) is 11.8. The predicted octanol–water partition coefficient (Wildman–Crippen LogP) is 1.74. The molecule has 3 heteroatoms. The van der Waals surface area contributed by atoms with Crippen LogP contribution >= 0.6 is 0 Å². The van der Waals surface area contributed by atoms with E-state index in [2.05, 4.69) is 5.32 Å². The lowest BCUT2D eigenvalue weighted by Crippen LogP contribution is -2.38. The number of aliphatic hydroxyl groups is 1. The molecule has 0 bridgehead atoms. The van der Waals surface area contributed by atoms with Gasteiger partial charge in [0.05, 0.1) is 0 Å². The molecule has 1 rings (SSSR count). The van der Waals surface area contributed by atoms with E-state index in [1.54, 1.807) is 12.1 Å². The SMILES string of the molecule is Cc1ccc(C(=O)NC(C)C(C)CO)cc1. The highest BCUT2D eigenvalue weighted by atomic mass is 16.3. The summed E-state index contributed by atoms with van der Waals surface area (Å²) in [6, 6.07) is 7.41. The first kappa shape index (κ1) is 12.7. The molecule has 0 saturated carbocycles. The van der Waals surface area contributed by atoms with Crippen molar-refractivity contribution in [3.8, 4) is 0 Å². The van der Waals surface area contributed by atoms with E-state index in [0.717, 1.165) is 5.56 Å². The van der Waals surface area contributed by atoms with Gasteiger partial charge in [0.2, 0.25) is 0 Å². The van der Waals surface area contributed by atoms with Crippen molar-refractivity contribution in [2.24, 2.45) is 5.92 Å². The molecule has 1 aromatic rings. The van der Waals surface area contributed by atoms with Gasteiger partial charge in [-0.3, -0.25) is 4.79 Å². The number of nitrogens with one attached hydrogen (secondary N) is 1. The van der Waals surface area contributed by atoms with E-state index in [1.165, 1.54) is 0 Å². The summed E-state index contributed by atoms with van der Waals surface area (Å²) < 4.78 is 0. The Hall–Kier alpha value is -1.35. The van der Waals surface area contributed by atoms with Crippen LogP contribution in [0.5, 0.6) is 0 Å². The molecule has 0 aliphatic rings. The van der Waals surface area contributed by atoms with Crippen LogP contribution in [0.3, 0.4) is 0 Å². The van der Waals surface area contributed by atoms with E-state index < -0.39 is 0 Å². The number of carbonyl (C=O) groups is 1. The maximum absolute atomic E-state index is 11.8. The molecule has 2 unspecified atom stereocenters. The molecule has 0 aliphatic heterocycles. The van der Waals surface area contributed by atoms with E-state index in [4.69, 9.17) is 5.11 Å². The highest BCUT2D eigenvalue weighted by Crippen LogP contribution is 2.06. The third-order valence-corrected chi connectivity index (χ3v) is 2.81.